The molecule has 8 heteroatoms. The van der Waals surface area contributed by atoms with E-state index >= 15 is 0 Å². The van der Waals surface area contributed by atoms with Gasteiger partial charge in [0, 0.05) is 10.9 Å². The molecule has 0 saturated heterocycles. The highest BCUT2D eigenvalue weighted by Crippen LogP contribution is 2.37. The number of carbonyl (C=O) groups excluding carboxylic acids is 2. The van der Waals surface area contributed by atoms with Gasteiger partial charge in [0.15, 0.2) is 11.6 Å². The number of rotatable bonds is 7. The van der Waals surface area contributed by atoms with Crippen LogP contribution in [0.25, 0.3) is 0 Å². The number of aryl methyl sites for hydroxylation is 1. The van der Waals surface area contributed by atoms with Crippen molar-refractivity contribution in [3.63, 3.8) is 0 Å². The number of thiophene rings is 1. The standard InChI is InChI=1S/C20H24FN3O3S/c1-11(12-7-8-15(27-2)14(21)9-12)23-10-17(25)24-20-18(19(22)26)13-5-3-4-6-16(13)28-20/h7-9,11,23H,3-6,10H2,1-2H3,(H2,22,26)(H,24,25). The summed E-state index contributed by atoms with van der Waals surface area (Å²) in [7, 11) is 1.41. The first-order chi connectivity index (χ1) is 13.4. The normalized spacial score (nSPS) is 14.2. The quantitative estimate of drug-likeness (QED) is 0.660. The molecule has 2 aromatic rings. The minimum atomic E-state index is -0.510. The van der Waals surface area contributed by atoms with Crippen molar-refractivity contribution in [1.82, 2.24) is 5.32 Å². The number of anilines is 1. The maximum Gasteiger partial charge on any atom is 0.251 e. The first kappa shape index (κ1) is 20.3. The number of primary amides is 1. The molecule has 2 amide bonds. The van der Waals surface area contributed by atoms with E-state index in [2.05, 4.69) is 10.6 Å². The van der Waals surface area contributed by atoms with Crippen LogP contribution >= 0.6 is 11.3 Å². The number of nitrogens with one attached hydrogen (secondary N) is 2. The molecule has 0 bridgehead atoms. The van der Waals surface area contributed by atoms with Gasteiger partial charge in [-0.05, 0) is 55.9 Å². The number of hydrogen-bond acceptors (Lipinski definition) is 5. The Morgan fingerprint density at radius 3 is 2.75 bits per heavy atom. The summed E-state index contributed by atoms with van der Waals surface area (Å²) in [5.41, 5.74) is 7.68. The number of amides is 2. The van der Waals surface area contributed by atoms with Crippen LogP contribution in [0.15, 0.2) is 18.2 Å². The highest BCUT2D eigenvalue weighted by atomic mass is 32.1. The first-order valence-electron chi connectivity index (χ1n) is 9.21. The van der Waals surface area contributed by atoms with E-state index in [4.69, 9.17) is 10.5 Å². The lowest BCUT2D eigenvalue weighted by molar-refractivity contribution is -0.115. The lowest BCUT2D eigenvalue weighted by Gasteiger charge is -2.15. The van der Waals surface area contributed by atoms with Crippen molar-refractivity contribution in [2.75, 3.05) is 19.0 Å². The number of ether oxygens (including phenoxy) is 1. The van der Waals surface area contributed by atoms with Gasteiger partial charge in [0.25, 0.3) is 5.91 Å². The molecule has 1 aromatic heterocycles. The fraction of sp³-hybridized carbons (Fsp3) is 0.400. The van der Waals surface area contributed by atoms with E-state index in [-0.39, 0.29) is 24.2 Å². The van der Waals surface area contributed by atoms with Crippen LogP contribution in [0, 0.1) is 5.82 Å². The average Bonchev–Trinajstić information content (AvgIpc) is 3.03. The Hall–Kier alpha value is -2.45. The van der Waals surface area contributed by atoms with Gasteiger partial charge in [0.05, 0.1) is 19.2 Å². The zero-order valence-electron chi connectivity index (χ0n) is 15.9. The molecule has 6 nitrogen and oxygen atoms in total. The number of nitrogens with two attached hydrogens (primary N) is 1. The highest BCUT2D eigenvalue weighted by molar-refractivity contribution is 7.17. The third-order valence-corrected chi connectivity index (χ3v) is 6.12. The summed E-state index contributed by atoms with van der Waals surface area (Å²) in [5, 5.41) is 6.39. The third-order valence-electron chi connectivity index (χ3n) is 4.92. The summed E-state index contributed by atoms with van der Waals surface area (Å²) < 4.78 is 18.8. The maximum atomic E-state index is 13.9. The lowest BCUT2D eigenvalue weighted by Crippen LogP contribution is -2.30. The van der Waals surface area contributed by atoms with E-state index in [0.717, 1.165) is 36.1 Å². The molecule has 0 aliphatic heterocycles. The second-order valence-corrected chi connectivity index (χ2v) is 7.93. The SMILES string of the molecule is COc1ccc(C(C)NCC(=O)Nc2sc3c(c2C(N)=O)CCCC3)cc1F. The molecule has 150 valence electrons. The number of halogens is 1. The average molecular weight is 405 g/mol. The largest absolute Gasteiger partial charge is 0.494 e. The van der Waals surface area contributed by atoms with Crippen molar-refractivity contribution in [3.05, 3.63) is 45.6 Å². The van der Waals surface area contributed by atoms with Gasteiger partial charge in [0.1, 0.15) is 5.00 Å². The topological polar surface area (TPSA) is 93.4 Å². The second kappa shape index (κ2) is 8.70. The predicted octanol–water partition coefficient (Wildman–Crippen LogP) is 3.16. The van der Waals surface area contributed by atoms with Crippen LogP contribution in [0.1, 0.15) is 52.2 Å². The molecule has 1 aromatic carbocycles. The molecule has 1 aliphatic carbocycles. The molecule has 3 rings (SSSR count). The van der Waals surface area contributed by atoms with Crippen LogP contribution in [-0.4, -0.2) is 25.5 Å². The molecule has 1 aliphatic rings. The van der Waals surface area contributed by atoms with E-state index in [1.165, 1.54) is 24.5 Å². The Labute approximate surface area is 167 Å². The van der Waals surface area contributed by atoms with Crippen LogP contribution in [0.4, 0.5) is 9.39 Å². The summed E-state index contributed by atoms with van der Waals surface area (Å²) >= 11 is 1.43. The van der Waals surface area contributed by atoms with Gasteiger partial charge in [-0.3, -0.25) is 9.59 Å². The van der Waals surface area contributed by atoms with Crippen molar-refractivity contribution in [2.45, 2.75) is 38.6 Å². The molecular weight excluding hydrogens is 381 g/mol. The summed E-state index contributed by atoms with van der Waals surface area (Å²) in [5.74, 6) is -1.06. The Morgan fingerprint density at radius 2 is 2.07 bits per heavy atom. The summed E-state index contributed by atoms with van der Waals surface area (Å²) in [6.45, 7) is 1.86. The highest BCUT2D eigenvalue weighted by Gasteiger charge is 2.25. The monoisotopic (exact) mass is 405 g/mol. The molecular formula is C20H24FN3O3S. The molecule has 1 heterocycles. The van der Waals surface area contributed by atoms with Crippen molar-refractivity contribution in [2.24, 2.45) is 5.73 Å². The van der Waals surface area contributed by atoms with E-state index in [1.54, 1.807) is 12.1 Å². The van der Waals surface area contributed by atoms with Gasteiger partial charge in [-0.1, -0.05) is 6.07 Å². The van der Waals surface area contributed by atoms with Crippen LogP contribution < -0.4 is 21.1 Å². The van der Waals surface area contributed by atoms with E-state index in [0.29, 0.717) is 16.1 Å². The maximum absolute atomic E-state index is 13.9. The van der Waals surface area contributed by atoms with Crippen LogP contribution in [0.2, 0.25) is 0 Å². The number of fused-ring (bicyclic) bond motifs is 1. The van der Waals surface area contributed by atoms with Crippen molar-refractivity contribution in [3.8, 4) is 5.75 Å². The fourth-order valence-electron chi connectivity index (χ4n) is 3.40. The molecule has 28 heavy (non-hydrogen) atoms. The zero-order chi connectivity index (χ0) is 20.3. The first-order valence-corrected chi connectivity index (χ1v) is 10.0. The number of benzene rings is 1. The zero-order valence-corrected chi connectivity index (χ0v) is 16.7. The molecule has 4 N–H and O–H groups in total. The number of methoxy groups -OCH3 is 1. The number of hydrogen-bond donors (Lipinski definition) is 3. The van der Waals surface area contributed by atoms with Crippen LogP contribution in [-0.2, 0) is 17.6 Å². The smallest absolute Gasteiger partial charge is 0.251 e. The predicted molar refractivity (Wildman–Crippen MR) is 107 cm³/mol. The van der Waals surface area contributed by atoms with E-state index in [9.17, 15) is 14.0 Å². The Morgan fingerprint density at radius 1 is 1.32 bits per heavy atom. The van der Waals surface area contributed by atoms with Crippen molar-refractivity contribution in [1.29, 1.82) is 0 Å². The van der Waals surface area contributed by atoms with Gasteiger partial charge in [-0.15, -0.1) is 11.3 Å². The Bertz CT molecular complexity index is 897. The Kier molecular flexibility index (Phi) is 6.31. The van der Waals surface area contributed by atoms with E-state index < -0.39 is 11.7 Å². The molecule has 0 radical (unpaired) electrons. The molecule has 1 unspecified atom stereocenters. The van der Waals surface area contributed by atoms with Crippen molar-refractivity contribution < 1.29 is 18.7 Å². The lowest BCUT2D eigenvalue weighted by atomic mass is 9.95. The molecule has 0 fully saturated rings. The third kappa shape index (κ3) is 4.34. The Balaban J connectivity index is 1.64. The minimum absolute atomic E-state index is 0.0234. The summed E-state index contributed by atoms with van der Waals surface area (Å²) in [4.78, 5) is 25.4. The van der Waals surface area contributed by atoms with Crippen LogP contribution in [0.5, 0.6) is 5.75 Å². The van der Waals surface area contributed by atoms with Gasteiger partial charge < -0.3 is 21.1 Å². The second-order valence-electron chi connectivity index (χ2n) is 6.82. The van der Waals surface area contributed by atoms with Gasteiger partial charge in [0.2, 0.25) is 5.91 Å². The van der Waals surface area contributed by atoms with Gasteiger partial charge >= 0.3 is 0 Å². The van der Waals surface area contributed by atoms with Gasteiger partial charge in [-0.25, -0.2) is 4.39 Å². The molecule has 0 saturated carbocycles. The van der Waals surface area contributed by atoms with Crippen molar-refractivity contribution >= 4 is 28.2 Å². The fourth-order valence-corrected chi connectivity index (χ4v) is 4.71. The van der Waals surface area contributed by atoms with E-state index in [1.807, 2.05) is 6.92 Å². The molecule has 0 spiro atoms. The summed E-state index contributed by atoms with van der Waals surface area (Å²) in [6.07, 6.45) is 3.83. The van der Waals surface area contributed by atoms with Gasteiger partial charge in [-0.2, -0.15) is 0 Å². The summed E-state index contributed by atoms with van der Waals surface area (Å²) in [6, 6.07) is 4.44. The van der Waals surface area contributed by atoms with Crippen LogP contribution in [0.3, 0.4) is 0 Å². The minimum Gasteiger partial charge on any atom is -0.494 e. The number of carbonyl (C=O) groups is 2. The molecule has 1 atom stereocenters.